The number of carbonyl (C=O) groups is 2. The van der Waals surface area contributed by atoms with Gasteiger partial charge in [0.2, 0.25) is 11.8 Å². The standard InChI is InChI=1S/C27H25N13O2S/c28-24-22-26(33-12-31-24)39(14-35-22)9-7-19(41)37-17-3-1-16(2-4-17)30-11-18-5-6-21(43-18)38-20(42)8-10-40-15-36-23-25(29)32-13-34-27(23)40/h1-6,11-15H,7-10H2,(H,37,41)(H,38,42)(H2,28,31,33)(H2,29,32,34). The third kappa shape index (κ3) is 6.28. The summed E-state index contributed by atoms with van der Waals surface area (Å²) in [5.41, 5.74) is 15.2. The van der Waals surface area contributed by atoms with Gasteiger partial charge < -0.3 is 31.2 Å². The SMILES string of the molecule is Nc1ncnc2c1ncn2CCC(=O)Nc1ccc(N=Cc2ccc(NC(=O)CCn3cnc4c(N)ncnc43)s2)cc1. The van der Waals surface area contributed by atoms with Gasteiger partial charge in [0, 0.05) is 42.7 Å². The zero-order valence-electron chi connectivity index (χ0n) is 22.6. The lowest BCUT2D eigenvalue weighted by atomic mass is 10.2. The molecule has 0 fully saturated rings. The topological polar surface area (TPSA) is 210 Å². The Morgan fingerprint density at radius 2 is 1.35 bits per heavy atom. The minimum absolute atomic E-state index is 0.135. The number of thiophene rings is 1. The van der Waals surface area contributed by atoms with E-state index in [1.165, 1.54) is 24.0 Å². The predicted molar refractivity (Wildman–Crippen MR) is 164 cm³/mol. The zero-order chi connectivity index (χ0) is 29.8. The summed E-state index contributed by atoms with van der Waals surface area (Å²) in [5, 5.41) is 6.50. The summed E-state index contributed by atoms with van der Waals surface area (Å²) in [5.74, 6) is 0.324. The van der Waals surface area contributed by atoms with Crippen LogP contribution in [0, 0.1) is 0 Å². The summed E-state index contributed by atoms with van der Waals surface area (Å²) in [6.07, 6.45) is 8.14. The molecule has 216 valence electrons. The summed E-state index contributed by atoms with van der Waals surface area (Å²) in [7, 11) is 0. The van der Waals surface area contributed by atoms with Crippen molar-refractivity contribution in [3.05, 3.63) is 66.6 Å². The Morgan fingerprint density at radius 1 is 0.767 bits per heavy atom. The molecule has 0 saturated carbocycles. The molecule has 0 aliphatic heterocycles. The van der Waals surface area contributed by atoms with Crippen molar-refractivity contribution in [2.24, 2.45) is 4.99 Å². The number of nitrogen functional groups attached to an aromatic ring is 2. The number of benzene rings is 1. The van der Waals surface area contributed by atoms with Gasteiger partial charge in [-0.15, -0.1) is 11.3 Å². The quantitative estimate of drug-likeness (QED) is 0.170. The van der Waals surface area contributed by atoms with Crippen LogP contribution in [0.3, 0.4) is 0 Å². The molecule has 0 spiro atoms. The highest BCUT2D eigenvalue weighted by Crippen LogP contribution is 2.23. The van der Waals surface area contributed by atoms with Gasteiger partial charge in [-0.25, -0.2) is 29.9 Å². The molecule has 5 aromatic heterocycles. The van der Waals surface area contributed by atoms with Crippen LogP contribution in [0.4, 0.5) is 28.0 Å². The first-order valence-electron chi connectivity index (χ1n) is 13.1. The van der Waals surface area contributed by atoms with Crippen LogP contribution in [0.1, 0.15) is 17.7 Å². The minimum Gasteiger partial charge on any atom is -0.382 e. The highest BCUT2D eigenvalue weighted by atomic mass is 32.1. The van der Waals surface area contributed by atoms with E-state index in [0.29, 0.717) is 57.7 Å². The molecule has 6 aromatic rings. The van der Waals surface area contributed by atoms with Gasteiger partial charge in [0.15, 0.2) is 22.9 Å². The lowest BCUT2D eigenvalue weighted by molar-refractivity contribution is -0.117. The first-order chi connectivity index (χ1) is 20.9. The second-order valence-corrected chi connectivity index (χ2v) is 10.5. The smallest absolute Gasteiger partial charge is 0.226 e. The monoisotopic (exact) mass is 595 g/mol. The number of fused-ring (bicyclic) bond motifs is 2. The number of hydrogen-bond donors (Lipinski definition) is 4. The molecule has 16 heteroatoms. The van der Waals surface area contributed by atoms with E-state index in [2.05, 4.69) is 45.5 Å². The highest BCUT2D eigenvalue weighted by Gasteiger charge is 2.11. The maximum atomic E-state index is 12.5. The summed E-state index contributed by atoms with van der Waals surface area (Å²) < 4.78 is 3.54. The number of amides is 2. The molecule has 1 aromatic carbocycles. The average Bonchev–Trinajstić information content (AvgIpc) is 3.74. The van der Waals surface area contributed by atoms with Crippen molar-refractivity contribution in [1.82, 2.24) is 39.0 Å². The Balaban J connectivity index is 0.970. The first kappa shape index (κ1) is 27.4. The van der Waals surface area contributed by atoms with Crippen LogP contribution in [-0.4, -0.2) is 57.1 Å². The van der Waals surface area contributed by atoms with Crippen molar-refractivity contribution in [3.8, 4) is 0 Å². The molecule has 43 heavy (non-hydrogen) atoms. The van der Waals surface area contributed by atoms with E-state index in [-0.39, 0.29) is 24.7 Å². The Kier molecular flexibility index (Phi) is 7.64. The molecule has 0 saturated heterocycles. The van der Waals surface area contributed by atoms with Crippen LogP contribution in [0.2, 0.25) is 0 Å². The zero-order valence-corrected chi connectivity index (χ0v) is 23.4. The van der Waals surface area contributed by atoms with Gasteiger partial charge >= 0.3 is 0 Å². The number of carbonyl (C=O) groups excluding carboxylic acids is 2. The number of aromatic nitrogens is 8. The molecule has 6 rings (SSSR count). The molecule has 0 radical (unpaired) electrons. The van der Waals surface area contributed by atoms with Crippen molar-refractivity contribution in [2.45, 2.75) is 25.9 Å². The molecule has 0 aliphatic carbocycles. The van der Waals surface area contributed by atoms with Crippen LogP contribution in [0.5, 0.6) is 0 Å². The summed E-state index contributed by atoms with van der Waals surface area (Å²) in [4.78, 5) is 55.0. The van der Waals surface area contributed by atoms with Crippen molar-refractivity contribution < 1.29 is 9.59 Å². The first-order valence-corrected chi connectivity index (χ1v) is 13.9. The van der Waals surface area contributed by atoms with Crippen molar-refractivity contribution in [3.63, 3.8) is 0 Å². The molecule has 15 nitrogen and oxygen atoms in total. The Bertz CT molecular complexity index is 1960. The van der Waals surface area contributed by atoms with Crippen molar-refractivity contribution in [1.29, 1.82) is 0 Å². The molecule has 5 heterocycles. The van der Waals surface area contributed by atoms with E-state index in [9.17, 15) is 9.59 Å². The number of rotatable bonds is 10. The molecule has 2 amide bonds. The van der Waals surface area contributed by atoms with Crippen LogP contribution in [0.25, 0.3) is 22.3 Å². The van der Waals surface area contributed by atoms with E-state index in [1.54, 1.807) is 40.1 Å². The van der Waals surface area contributed by atoms with E-state index >= 15 is 0 Å². The fourth-order valence-corrected chi connectivity index (χ4v) is 5.05. The van der Waals surface area contributed by atoms with Gasteiger partial charge in [0.05, 0.1) is 23.3 Å². The molecule has 0 aliphatic rings. The lowest BCUT2D eigenvalue weighted by Crippen LogP contribution is -2.14. The second-order valence-electron chi connectivity index (χ2n) is 9.34. The summed E-state index contributed by atoms with van der Waals surface area (Å²) in [6.45, 7) is 0.804. The van der Waals surface area contributed by atoms with Gasteiger partial charge in [-0.2, -0.15) is 0 Å². The van der Waals surface area contributed by atoms with Crippen LogP contribution in [-0.2, 0) is 22.7 Å². The number of anilines is 4. The maximum Gasteiger partial charge on any atom is 0.226 e. The fraction of sp³-hybridized carbons (Fsp3) is 0.148. The third-order valence-electron chi connectivity index (χ3n) is 6.40. The molecular weight excluding hydrogens is 570 g/mol. The van der Waals surface area contributed by atoms with Gasteiger partial charge in [0.1, 0.15) is 23.7 Å². The van der Waals surface area contributed by atoms with Crippen molar-refractivity contribution in [2.75, 3.05) is 22.1 Å². The van der Waals surface area contributed by atoms with Gasteiger partial charge in [-0.3, -0.25) is 14.6 Å². The maximum absolute atomic E-state index is 12.5. The number of aliphatic imine (C=N–C) groups is 1. The largest absolute Gasteiger partial charge is 0.382 e. The van der Waals surface area contributed by atoms with E-state index in [1.807, 2.05) is 24.3 Å². The minimum atomic E-state index is -0.148. The number of imidazole rings is 2. The summed E-state index contributed by atoms with van der Waals surface area (Å²) in [6, 6.07) is 10.9. The Labute approximate surface area is 247 Å². The molecule has 0 atom stereocenters. The lowest BCUT2D eigenvalue weighted by Gasteiger charge is -2.06. The molecule has 6 N–H and O–H groups in total. The third-order valence-corrected chi connectivity index (χ3v) is 7.34. The Morgan fingerprint density at radius 3 is 1.95 bits per heavy atom. The fourth-order valence-electron chi connectivity index (χ4n) is 4.25. The molecular formula is C27H25N13O2S. The van der Waals surface area contributed by atoms with E-state index in [0.717, 1.165) is 10.6 Å². The van der Waals surface area contributed by atoms with Crippen LogP contribution < -0.4 is 22.1 Å². The average molecular weight is 596 g/mol. The number of aryl methyl sites for hydroxylation is 2. The number of nitrogens with two attached hydrogens (primary N) is 2. The summed E-state index contributed by atoms with van der Waals surface area (Å²) >= 11 is 1.41. The van der Waals surface area contributed by atoms with Gasteiger partial charge in [-0.1, -0.05) is 0 Å². The number of nitrogens with one attached hydrogen (secondary N) is 2. The van der Waals surface area contributed by atoms with E-state index < -0.39 is 0 Å². The normalized spacial score (nSPS) is 11.4. The predicted octanol–water partition coefficient (Wildman–Crippen LogP) is 3.00. The van der Waals surface area contributed by atoms with Gasteiger partial charge in [0.25, 0.3) is 0 Å². The van der Waals surface area contributed by atoms with Crippen LogP contribution in [0.15, 0.2) is 66.7 Å². The number of nitrogens with zero attached hydrogens (tertiary/aromatic N) is 9. The molecule has 0 unspecified atom stereocenters. The molecule has 0 bridgehead atoms. The van der Waals surface area contributed by atoms with E-state index in [4.69, 9.17) is 11.5 Å². The van der Waals surface area contributed by atoms with Gasteiger partial charge in [-0.05, 0) is 36.4 Å². The Hall–Kier alpha value is -5.77. The number of hydrogen-bond acceptors (Lipinski definition) is 12. The highest BCUT2D eigenvalue weighted by molar-refractivity contribution is 7.17. The van der Waals surface area contributed by atoms with Crippen molar-refractivity contribution >= 4 is 79.7 Å². The van der Waals surface area contributed by atoms with Crippen LogP contribution >= 0.6 is 11.3 Å². The second kappa shape index (κ2) is 12.0.